The number of carbonyl (C=O) groups is 1. The largest absolute Gasteiger partial charge is 0.453 e. The summed E-state index contributed by atoms with van der Waals surface area (Å²) in [6.45, 7) is 1.20. The van der Waals surface area contributed by atoms with Gasteiger partial charge in [0.05, 0.1) is 12.7 Å². The Kier molecular flexibility index (Phi) is 6.55. The van der Waals surface area contributed by atoms with Crippen molar-refractivity contribution < 1.29 is 14.1 Å². The number of hydrogen-bond donors (Lipinski definition) is 1. The maximum atomic E-state index is 12.6. The highest BCUT2D eigenvalue weighted by molar-refractivity contribution is 5.67. The van der Waals surface area contributed by atoms with Gasteiger partial charge in [-0.3, -0.25) is 4.79 Å². The molecule has 0 spiro atoms. The van der Waals surface area contributed by atoms with Crippen molar-refractivity contribution >= 4 is 6.09 Å². The number of nitrogens with zero attached hydrogens (tertiary/aromatic N) is 1. The predicted molar refractivity (Wildman–Crippen MR) is 118 cm³/mol. The summed E-state index contributed by atoms with van der Waals surface area (Å²) in [7, 11) is 1.40. The molecule has 31 heavy (non-hydrogen) atoms. The Labute approximate surface area is 181 Å². The highest BCUT2D eigenvalue weighted by Gasteiger charge is 2.29. The van der Waals surface area contributed by atoms with Crippen molar-refractivity contribution in [3.63, 3.8) is 0 Å². The van der Waals surface area contributed by atoms with E-state index in [1.807, 2.05) is 12.1 Å². The maximum Gasteiger partial charge on any atom is 0.409 e. The van der Waals surface area contributed by atoms with Gasteiger partial charge >= 0.3 is 6.09 Å². The highest BCUT2D eigenvalue weighted by Crippen LogP contribution is 2.33. The molecule has 0 saturated carbocycles. The standard InChI is InChI=1S/C25H28N2O4/c1-30-25(29)27-16-14-20(15-17-27)23-22(24(28)26-31-23)13-12-21(18-8-4-2-5-9-18)19-10-6-3-7-11-19/h2-11,20-21H,12-17H2,1H3,(H,26,28). The van der Waals surface area contributed by atoms with Gasteiger partial charge in [0.2, 0.25) is 0 Å². The van der Waals surface area contributed by atoms with Crippen LogP contribution in [0.25, 0.3) is 0 Å². The first kappa shape index (κ1) is 21.0. The first-order valence-electron chi connectivity index (χ1n) is 10.8. The number of ether oxygens (including phenoxy) is 1. The highest BCUT2D eigenvalue weighted by atomic mass is 16.5. The summed E-state index contributed by atoms with van der Waals surface area (Å²) in [5.74, 6) is 1.07. The predicted octanol–water partition coefficient (Wildman–Crippen LogP) is 4.68. The van der Waals surface area contributed by atoms with E-state index in [9.17, 15) is 9.59 Å². The van der Waals surface area contributed by atoms with Crippen LogP contribution >= 0.6 is 0 Å². The maximum absolute atomic E-state index is 12.6. The van der Waals surface area contributed by atoms with E-state index in [1.165, 1.54) is 18.2 Å². The summed E-state index contributed by atoms with van der Waals surface area (Å²) in [6, 6.07) is 20.8. The molecule has 1 aliphatic heterocycles. The van der Waals surface area contributed by atoms with E-state index in [1.54, 1.807) is 4.90 Å². The molecule has 2 heterocycles. The number of amides is 1. The molecule has 1 saturated heterocycles. The van der Waals surface area contributed by atoms with Crippen molar-refractivity contribution in [3.05, 3.63) is 93.5 Å². The molecule has 1 aromatic heterocycles. The normalized spacial score (nSPS) is 14.7. The molecule has 1 amide bonds. The molecule has 6 heteroatoms. The number of carbonyl (C=O) groups excluding carboxylic acids is 1. The molecular weight excluding hydrogens is 392 g/mol. The van der Waals surface area contributed by atoms with Gasteiger partial charge in [0.15, 0.2) is 0 Å². The van der Waals surface area contributed by atoms with Crippen LogP contribution in [0.5, 0.6) is 0 Å². The van der Waals surface area contributed by atoms with E-state index in [0.717, 1.165) is 30.6 Å². The fraction of sp³-hybridized carbons (Fsp3) is 0.360. The van der Waals surface area contributed by atoms with Crippen LogP contribution < -0.4 is 5.56 Å². The molecule has 4 rings (SSSR count). The fourth-order valence-electron chi connectivity index (χ4n) is 4.54. The third-order valence-corrected chi connectivity index (χ3v) is 6.21. The Morgan fingerprint density at radius 1 is 1.06 bits per heavy atom. The zero-order chi connectivity index (χ0) is 21.6. The zero-order valence-electron chi connectivity index (χ0n) is 17.8. The molecule has 162 valence electrons. The lowest BCUT2D eigenvalue weighted by Gasteiger charge is -2.30. The number of likely N-dealkylation sites (tertiary alicyclic amines) is 1. The lowest BCUT2D eigenvalue weighted by molar-refractivity contribution is 0.110. The summed E-state index contributed by atoms with van der Waals surface area (Å²) in [5, 5.41) is 2.55. The quantitative estimate of drug-likeness (QED) is 0.628. The van der Waals surface area contributed by atoms with Crippen LogP contribution in [0.3, 0.4) is 0 Å². The van der Waals surface area contributed by atoms with Gasteiger partial charge in [0.25, 0.3) is 5.56 Å². The van der Waals surface area contributed by atoms with Crippen molar-refractivity contribution in [2.45, 2.75) is 37.5 Å². The van der Waals surface area contributed by atoms with Gasteiger partial charge in [0, 0.05) is 24.9 Å². The number of piperidine rings is 1. The molecule has 0 unspecified atom stereocenters. The number of methoxy groups -OCH3 is 1. The van der Waals surface area contributed by atoms with Crippen LogP contribution in [0, 0.1) is 0 Å². The lowest BCUT2D eigenvalue weighted by Crippen LogP contribution is -2.37. The van der Waals surface area contributed by atoms with Crippen molar-refractivity contribution in [1.82, 2.24) is 10.1 Å². The number of benzene rings is 2. The minimum absolute atomic E-state index is 0.127. The Morgan fingerprint density at radius 3 is 2.19 bits per heavy atom. The van der Waals surface area contributed by atoms with E-state index in [2.05, 4.69) is 53.7 Å². The number of H-pyrrole nitrogens is 1. The topological polar surface area (TPSA) is 75.5 Å². The van der Waals surface area contributed by atoms with Crippen molar-refractivity contribution in [2.24, 2.45) is 0 Å². The zero-order valence-corrected chi connectivity index (χ0v) is 17.8. The Morgan fingerprint density at radius 2 is 1.65 bits per heavy atom. The molecule has 1 N–H and O–H groups in total. The minimum Gasteiger partial charge on any atom is -0.453 e. The number of hydrogen-bond acceptors (Lipinski definition) is 4. The van der Waals surface area contributed by atoms with Crippen LogP contribution in [0.2, 0.25) is 0 Å². The SMILES string of the molecule is COC(=O)N1CCC(c2o[nH]c(=O)c2CCC(c2ccccc2)c2ccccc2)CC1. The van der Waals surface area contributed by atoms with Gasteiger partial charge in [-0.05, 0) is 36.8 Å². The third kappa shape index (κ3) is 4.74. The van der Waals surface area contributed by atoms with Gasteiger partial charge in [-0.15, -0.1) is 0 Å². The second-order valence-corrected chi connectivity index (χ2v) is 8.02. The molecule has 2 aromatic carbocycles. The average molecular weight is 421 g/mol. The molecule has 0 atom stereocenters. The number of nitrogens with one attached hydrogen (secondary N) is 1. The number of aromatic nitrogens is 1. The molecule has 0 aliphatic carbocycles. The molecule has 1 fully saturated rings. The van der Waals surface area contributed by atoms with Crippen LogP contribution in [0.4, 0.5) is 4.79 Å². The van der Waals surface area contributed by atoms with Gasteiger partial charge in [-0.25, -0.2) is 4.79 Å². The molecule has 3 aromatic rings. The van der Waals surface area contributed by atoms with Gasteiger partial charge in [0.1, 0.15) is 5.76 Å². The molecule has 0 radical (unpaired) electrons. The monoisotopic (exact) mass is 420 g/mol. The minimum atomic E-state index is -0.303. The van der Waals surface area contributed by atoms with Crippen LogP contribution in [0.1, 0.15) is 53.5 Å². The molecular formula is C25H28N2O4. The molecule has 6 nitrogen and oxygen atoms in total. The Bertz CT molecular complexity index is 995. The van der Waals surface area contributed by atoms with E-state index < -0.39 is 0 Å². The van der Waals surface area contributed by atoms with Crippen LogP contribution in [0.15, 0.2) is 70.0 Å². The van der Waals surface area contributed by atoms with Crippen molar-refractivity contribution in [1.29, 1.82) is 0 Å². The number of rotatable bonds is 6. The molecule has 1 aliphatic rings. The second-order valence-electron chi connectivity index (χ2n) is 8.02. The van der Waals surface area contributed by atoms with E-state index >= 15 is 0 Å². The molecule has 0 bridgehead atoms. The summed E-state index contributed by atoms with van der Waals surface area (Å²) < 4.78 is 10.4. The van der Waals surface area contributed by atoms with Gasteiger partial charge in [-0.2, -0.15) is 5.16 Å². The van der Waals surface area contributed by atoms with E-state index in [-0.39, 0.29) is 23.5 Å². The second kappa shape index (κ2) is 9.69. The fourth-order valence-corrected chi connectivity index (χ4v) is 4.54. The van der Waals surface area contributed by atoms with E-state index in [0.29, 0.717) is 19.5 Å². The average Bonchev–Trinajstić information content (AvgIpc) is 3.20. The summed E-state index contributed by atoms with van der Waals surface area (Å²) >= 11 is 0. The summed E-state index contributed by atoms with van der Waals surface area (Å²) in [6.07, 6.45) is 2.65. The lowest BCUT2D eigenvalue weighted by atomic mass is 9.85. The van der Waals surface area contributed by atoms with E-state index in [4.69, 9.17) is 9.26 Å². The third-order valence-electron chi connectivity index (χ3n) is 6.21. The van der Waals surface area contributed by atoms with Crippen LogP contribution in [-0.2, 0) is 11.2 Å². The van der Waals surface area contributed by atoms with Crippen molar-refractivity contribution in [3.8, 4) is 0 Å². The smallest absolute Gasteiger partial charge is 0.409 e. The first-order chi connectivity index (χ1) is 15.2. The Balaban J connectivity index is 1.51. The van der Waals surface area contributed by atoms with Crippen LogP contribution in [-0.4, -0.2) is 36.3 Å². The number of aromatic amines is 1. The first-order valence-corrected chi connectivity index (χ1v) is 10.8. The van der Waals surface area contributed by atoms with Crippen molar-refractivity contribution in [2.75, 3.05) is 20.2 Å². The Hall–Kier alpha value is -3.28. The van der Waals surface area contributed by atoms with Gasteiger partial charge in [-0.1, -0.05) is 60.7 Å². The summed E-state index contributed by atoms with van der Waals surface area (Å²) in [4.78, 5) is 26.0. The summed E-state index contributed by atoms with van der Waals surface area (Å²) in [5.41, 5.74) is 3.06. The van der Waals surface area contributed by atoms with Gasteiger partial charge < -0.3 is 14.2 Å².